The molecule has 1 aromatic carbocycles. The molecule has 2 N–H and O–H groups in total. The van der Waals surface area contributed by atoms with Crippen LogP contribution >= 0.6 is 24.0 Å². The minimum Gasteiger partial charge on any atom is -0.392 e. The third kappa shape index (κ3) is 6.04. The third-order valence-corrected chi connectivity index (χ3v) is 5.88. The van der Waals surface area contributed by atoms with Crippen molar-refractivity contribution in [1.82, 2.24) is 20.0 Å². The van der Waals surface area contributed by atoms with E-state index in [0.717, 1.165) is 63.6 Å². The summed E-state index contributed by atoms with van der Waals surface area (Å²) in [7, 11) is 1.75. The molecule has 2 fully saturated rings. The molecule has 0 aliphatic carbocycles. The average Bonchev–Trinajstić information content (AvgIpc) is 3.29. The zero-order valence-electron chi connectivity index (χ0n) is 17.8. The Morgan fingerprint density at radius 3 is 2.43 bits per heavy atom. The van der Waals surface area contributed by atoms with Gasteiger partial charge in [0.05, 0.1) is 12.6 Å². The van der Waals surface area contributed by atoms with E-state index in [1.165, 1.54) is 6.07 Å². The van der Waals surface area contributed by atoms with Gasteiger partial charge in [0.1, 0.15) is 5.82 Å². The van der Waals surface area contributed by atoms with Gasteiger partial charge in [-0.2, -0.15) is 0 Å². The molecule has 0 aromatic heterocycles. The van der Waals surface area contributed by atoms with Gasteiger partial charge in [-0.15, -0.1) is 24.0 Å². The van der Waals surface area contributed by atoms with E-state index in [0.29, 0.717) is 12.1 Å². The van der Waals surface area contributed by atoms with Crippen molar-refractivity contribution >= 4 is 35.8 Å². The van der Waals surface area contributed by atoms with E-state index in [1.54, 1.807) is 19.2 Å². The molecule has 1 unspecified atom stereocenters. The maximum Gasteiger partial charge on any atom is 0.239 e. The number of amides is 1. The van der Waals surface area contributed by atoms with Crippen molar-refractivity contribution in [3.63, 3.8) is 0 Å². The Hall–Kier alpha value is -1.46. The number of aliphatic hydroxyl groups excluding tert-OH is 1. The summed E-state index contributed by atoms with van der Waals surface area (Å²) in [6.07, 6.45) is 2.23. The van der Waals surface area contributed by atoms with Crippen LogP contribution in [0.15, 0.2) is 23.2 Å². The first-order chi connectivity index (χ1) is 14.0. The van der Waals surface area contributed by atoms with Crippen molar-refractivity contribution < 1.29 is 14.3 Å². The Kier molecular flexibility index (Phi) is 9.76. The summed E-state index contributed by atoms with van der Waals surface area (Å²) in [5.74, 6) is 0.641. The van der Waals surface area contributed by atoms with Crippen LogP contribution in [-0.2, 0) is 17.9 Å². The van der Waals surface area contributed by atoms with Gasteiger partial charge in [0, 0.05) is 58.4 Å². The normalized spacial score (nSPS) is 18.9. The molecule has 1 aromatic rings. The largest absolute Gasteiger partial charge is 0.392 e. The fourth-order valence-electron chi connectivity index (χ4n) is 4.05. The summed E-state index contributed by atoms with van der Waals surface area (Å²) in [6.45, 7) is 7.19. The number of rotatable bonds is 5. The highest BCUT2D eigenvalue weighted by atomic mass is 127. The highest BCUT2D eigenvalue weighted by Crippen LogP contribution is 2.14. The molecular formula is C21H33FIN5O2. The fourth-order valence-corrected chi connectivity index (χ4v) is 4.05. The van der Waals surface area contributed by atoms with E-state index in [-0.39, 0.29) is 42.5 Å². The molecule has 0 bridgehead atoms. The summed E-state index contributed by atoms with van der Waals surface area (Å²) < 4.78 is 13.5. The highest BCUT2D eigenvalue weighted by molar-refractivity contribution is 14.0. The van der Waals surface area contributed by atoms with Gasteiger partial charge in [0.15, 0.2) is 5.96 Å². The summed E-state index contributed by atoms with van der Waals surface area (Å²) >= 11 is 0. The van der Waals surface area contributed by atoms with Crippen molar-refractivity contribution in [3.8, 4) is 0 Å². The van der Waals surface area contributed by atoms with Crippen molar-refractivity contribution in [1.29, 1.82) is 0 Å². The summed E-state index contributed by atoms with van der Waals surface area (Å²) in [4.78, 5) is 23.4. The number of hydrogen-bond acceptors (Lipinski definition) is 4. The Bertz CT molecular complexity index is 734. The maximum atomic E-state index is 13.5. The number of halogens is 2. The van der Waals surface area contributed by atoms with Crippen molar-refractivity contribution in [2.24, 2.45) is 4.99 Å². The molecule has 2 saturated heterocycles. The zero-order chi connectivity index (χ0) is 20.8. The number of carbonyl (C=O) groups excluding carboxylic acids is 1. The molecule has 0 radical (unpaired) electrons. The molecule has 2 aliphatic rings. The van der Waals surface area contributed by atoms with Crippen molar-refractivity contribution in [2.45, 2.75) is 39.0 Å². The van der Waals surface area contributed by atoms with E-state index in [4.69, 9.17) is 0 Å². The number of aliphatic hydroxyl groups is 1. The summed E-state index contributed by atoms with van der Waals surface area (Å²) in [6, 6.07) is 4.67. The number of hydrogen-bond donors (Lipinski definition) is 2. The lowest BCUT2D eigenvalue weighted by Gasteiger charge is -2.39. The number of likely N-dealkylation sites (tertiary alicyclic amines) is 1. The van der Waals surface area contributed by atoms with Crippen LogP contribution in [0.3, 0.4) is 0 Å². The molecule has 1 atom stereocenters. The second kappa shape index (κ2) is 11.8. The Morgan fingerprint density at radius 2 is 1.83 bits per heavy atom. The van der Waals surface area contributed by atoms with E-state index >= 15 is 0 Å². The topological polar surface area (TPSA) is 71.4 Å². The minimum absolute atomic E-state index is 0. The van der Waals surface area contributed by atoms with Gasteiger partial charge in [-0.1, -0.05) is 6.07 Å². The summed E-state index contributed by atoms with van der Waals surface area (Å²) in [5.41, 5.74) is 1.18. The fraction of sp³-hybridized carbons (Fsp3) is 0.619. The van der Waals surface area contributed by atoms with Crippen LogP contribution in [0.2, 0.25) is 0 Å². The molecule has 2 aliphatic heterocycles. The first kappa shape index (κ1) is 24.8. The minimum atomic E-state index is -0.394. The Labute approximate surface area is 195 Å². The molecule has 9 heteroatoms. The van der Waals surface area contributed by atoms with Gasteiger partial charge in [0.2, 0.25) is 5.91 Å². The highest BCUT2D eigenvalue weighted by Gasteiger charge is 2.30. The van der Waals surface area contributed by atoms with Gasteiger partial charge in [0.25, 0.3) is 0 Å². The second-order valence-corrected chi connectivity index (χ2v) is 7.72. The lowest BCUT2D eigenvalue weighted by molar-refractivity contribution is -0.135. The number of carbonyl (C=O) groups is 1. The second-order valence-electron chi connectivity index (χ2n) is 7.72. The molecule has 168 valence electrons. The molecule has 2 heterocycles. The molecular weight excluding hydrogens is 500 g/mol. The van der Waals surface area contributed by atoms with E-state index in [2.05, 4.69) is 20.1 Å². The molecule has 0 spiro atoms. The van der Waals surface area contributed by atoms with Crippen LogP contribution < -0.4 is 5.32 Å². The van der Waals surface area contributed by atoms with Crippen LogP contribution in [0.1, 0.15) is 30.9 Å². The van der Waals surface area contributed by atoms with Crippen LogP contribution in [0.25, 0.3) is 0 Å². The SMILES string of the molecule is CN=C(NCc1ccc(F)c(CO)c1)N1CCN(C(C)C(=O)N2CCCC2)CC1.I. The number of benzene rings is 1. The average molecular weight is 533 g/mol. The zero-order valence-corrected chi connectivity index (χ0v) is 20.1. The quantitative estimate of drug-likeness (QED) is 0.342. The van der Waals surface area contributed by atoms with Crippen LogP contribution in [0.4, 0.5) is 4.39 Å². The monoisotopic (exact) mass is 533 g/mol. The van der Waals surface area contributed by atoms with Crippen LogP contribution in [0, 0.1) is 5.82 Å². The lowest BCUT2D eigenvalue weighted by atomic mass is 10.1. The first-order valence-electron chi connectivity index (χ1n) is 10.4. The number of nitrogens with one attached hydrogen (secondary N) is 1. The smallest absolute Gasteiger partial charge is 0.239 e. The van der Waals surface area contributed by atoms with Gasteiger partial charge < -0.3 is 20.2 Å². The van der Waals surface area contributed by atoms with Gasteiger partial charge in [-0.25, -0.2) is 4.39 Å². The predicted molar refractivity (Wildman–Crippen MR) is 126 cm³/mol. The molecule has 0 saturated carbocycles. The van der Waals surface area contributed by atoms with Crippen LogP contribution in [-0.4, -0.2) is 84.0 Å². The van der Waals surface area contributed by atoms with Crippen molar-refractivity contribution in [3.05, 3.63) is 35.1 Å². The lowest BCUT2D eigenvalue weighted by Crippen LogP contribution is -2.57. The van der Waals surface area contributed by atoms with Gasteiger partial charge in [-0.05, 0) is 37.5 Å². The standard InChI is InChI=1S/C21H32FN5O2.HI/c1-16(20(29)26-7-3-4-8-26)25-9-11-27(12-10-25)21(23-2)24-14-17-5-6-19(22)18(13-17)15-28;/h5-6,13,16,28H,3-4,7-12,14-15H2,1-2H3,(H,23,24);1H. The Balaban J connectivity index is 0.00000320. The number of piperazine rings is 1. The van der Waals surface area contributed by atoms with Gasteiger partial charge >= 0.3 is 0 Å². The molecule has 30 heavy (non-hydrogen) atoms. The van der Waals surface area contributed by atoms with Crippen molar-refractivity contribution in [2.75, 3.05) is 46.3 Å². The van der Waals surface area contributed by atoms with E-state index in [1.807, 2.05) is 11.8 Å². The first-order valence-corrected chi connectivity index (χ1v) is 10.4. The predicted octanol–water partition coefficient (Wildman–Crippen LogP) is 1.64. The number of guanidine groups is 1. The van der Waals surface area contributed by atoms with Crippen LogP contribution in [0.5, 0.6) is 0 Å². The summed E-state index contributed by atoms with van der Waals surface area (Å²) in [5, 5.41) is 12.5. The number of aliphatic imine (C=N–C) groups is 1. The van der Waals surface area contributed by atoms with E-state index < -0.39 is 5.82 Å². The number of nitrogens with zero attached hydrogens (tertiary/aromatic N) is 4. The molecule has 1 amide bonds. The third-order valence-electron chi connectivity index (χ3n) is 5.88. The Morgan fingerprint density at radius 1 is 1.17 bits per heavy atom. The van der Waals surface area contributed by atoms with E-state index in [9.17, 15) is 14.3 Å². The van der Waals surface area contributed by atoms with Gasteiger partial charge in [-0.3, -0.25) is 14.7 Å². The maximum absolute atomic E-state index is 13.5. The molecule has 7 nitrogen and oxygen atoms in total. The molecule has 3 rings (SSSR count).